The van der Waals surface area contributed by atoms with Crippen LogP contribution in [-0.4, -0.2) is 15.3 Å². The molecule has 7 heteroatoms. The lowest BCUT2D eigenvalue weighted by molar-refractivity contribution is 0.106. The maximum Gasteiger partial charge on any atom is 0.261 e. The number of carbonyl (C=O) groups is 1. The molecule has 0 aliphatic heterocycles. The Kier molecular flexibility index (Phi) is 3.62. The summed E-state index contributed by atoms with van der Waals surface area (Å²) in [5.74, 6) is 0.296. The Morgan fingerprint density at radius 2 is 2.20 bits per heavy atom. The fraction of sp³-hybridized carbons (Fsp3) is 0. The van der Waals surface area contributed by atoms with Gasteiger partial charge >= 0.3 is 0 Å². The summed E-state index contributed by atoms with van der Waals surface area (Å²) in [6.07, 6.45) is 0. The number of aromatic nitrogens is 2. The van der Waals surface area contributed by atoms with Crippen LogP contribution < -0.4 is 0 Å². The van der Waals surface area contributed by atoms with E-state index in [1.165, 1.54) is 23.5 Å². The molecule has 2 aromatic heterocycles. The summed E-state index contributed by atoms with van der Waals surface area (Å²) in [6.45, 7) is 0. The number of nitrogens with zero attached hydrogens (tertiary/aromatic N) is 2. The maximum atomic E-state index is 13.1. The van der Waals surface area contributed by atoms with Crippen LogP contribution in [0.4, 0.5) is 4.39 Å². The summed E-state index contributed by atoms with van der Waals surface area (Å²) >= 11 is 2.23. The van der Waals surface area contributed by atoms with Crippen molar-refractivity contribution in [1.29, 1.82) is 0 Å². The molecule has 0 aliphatic carbocycles. The molecule has 0 N–H and O–H groups in total. The topological polar surface area (TPSA) is 56.0 Å². The fourth-order valence-corrected chi connectivity index (χ4v) is 2.87. The first-order valence-electron chi connectivity index (χ1n) is 5.56. The van der Waals surface area contributed by atoms with Crippen molar-refractivity contribution in [3.8, 4) is 11.3 Å². The zero-order valence-corrected chi connectivity index (χ0v) is 11.6. The Morgan fingerprint density at radius 3 is 2.95 bits per heavy atom. The lowest BCUT2D eigenvalue weighted by Gasteiger charge is -1.97. The first-order chi connectivity index (χ1) is 9.72. The van der Waals surface area contributed by atoms with Crippen LogP contribution in [0.3, 0.4) is 0 Å². The van der Waals surface area contributed by atoms with Crippen LogP contribution in [0.25, 0.3) is 11.3 Å². The molecule has 0 atom stereocenters. The van der Waals surface area contributed by atoms with Gasteiger partial charge in [-0.3, -0.25) is 4.79 Å². The number of carbonyl (C=O) groups excluding carboxylic acids is 1. The first kappa shape index (κ1) is 13.0. The summed E-state index contributed by atoms with van der Waals surface area (Å²) in [6, 6.07) is 9.22. The van der Waals surface area contributed by atoms with Crippen molar-refractivity contribution in [2.45, 2.75) is 4.34 Å². The minimum absolute atomic E-state index is 0.199. The SMILES string of the molecule is O=C(Sc1nncs1)c1ccc(-c2cccc(F)c2)o1. The third-order valence-corrected chi connectivity index (χ3v) is 4.10. The highest BCUT2D eigenvalue weighted by Crippen LogP contribution is 2.28. The monoisotopic (exact) mass is 306 g/mol. The molecule has 3 rings (SSSR count). The second kappa shape index (κ2) is 5.56. The van der Waals surface area contributed by atoms with Gasteiger partial charge in [0.2, 0.25) is 0 Å². The molecule has 0 radical (unpaired) electrons. The Balaban J connectivity index is 1.81. The molecule has 0 unspecified atom stereocenters. The molecule has 0 fully saturated rings. The second-order valence-corrected chi connectivity index (χ2v) is 5.82. The number of hydrogen-bond acceptors (Lipinski definition) is 6. The Labute approximate surface area is 121 Å². The van der Waals surface area contributed by atoms with E-state index < -0.39 is 0 Å². The van der Waals surface area contributed by atoms with Gasteiger partial charge in [-0.05, 0) is 36.0 Å². The summed E-state index contributed by atoms with van der Waals surface area (Å²) in [4.78, 5) is 12.0. The lowest BCUT2D eigenvalue weighted by atomic mass is 10.2. The summed E-state index contributed by atoms with van der Waals surface area (Å²) in [5, 5.41) is 7.17. The minimum Gasteiger partial charge on any atom is -0.452 e. The predicted octanol–water partition coefficient (Wildman–Crippen LogP) is 3.87. The Morgan fingerprint density at radius 1 is 1.30 bits per heavy atom. The van der Waals surface area contributed by atoms with Crippen molar-refractivity contribution in [3.63, 3.8) is 0 Å². The van der Waals surface area contributed by atoms with E-state index in [-0.39, 0.29) is 16.7 Å². The van der Waals surface area contributed by atoms with Crippen LogP contribution in [0.5, 0.6) is 0 Å². The molecular formula is C13H7FN2O2S2. The number of halogens is 1. The molecule has 20 heavy (non-hydrogen) atoms. The summed E-state index contributed by atoms with van der Waals surface area (Å²) in [5.41, 5.74) is 2.14. The van der Waals surface area contributed by atoms with Gasteiger partial charge in [0, 0.05) is 5.56 Å². The van der Waals surface area contributed by atoms with Gasteiger partial charge in [-0.1, -0.05) is 23.5 Å². The first-order valence-corrected chi connectivity index (χ1v) is 7.26. The molecule has 0 saturated carbocycles. The highest BCUT2D eigenvalue weighted by Gasteiger charge is 2.15. The van der Waals surface area contributed by atoms with E-state index >= 15 is 0 Å². The van der Waals surface area contributed by atoms with E-state index in [0.29, 0.717) is 15.7 Å². The van der Waals surface area contributed by atoms with Crippen molar-refractivity contribution >= 4 is 28.2 Å². The van der Waals surface area contributed by atoms with Crippen LogP contribution in [-0.2, 0) is 0 Å². The Bertz CT molecular complexity index is 740. The normalized spacial score (nSPS) is 10.7. The molecule has 3 aromatic rings. The van der Waals surface area contributed by atoms with E-state index in [1.54, 1.807) is 29.8 Å². The molecule has 4 nitrogen and oxygen atoms in total. The molecule has 100 valence electrons. The number of hydrogen-bond donors (Lipinski definition) is 0. The van der Waals surface area contributed by atoms with Gasteiger partial charge in [-0.15, -0.1) is 10.2 Å². The van der Waals surface area contributed by atoms with Crippen molar-refractivity contribution in [3.05, 3.63) is 53.5 Å². The third-order valence-electron chi connectivity index (χ3n) is 2.44. The van der Waals surface area contributed by atoms with Crippen LogP contribution >= 0.6 is 23.1 Å². The van der Waals surface area contributed by atoms with E-state index in [1.807, 2.05) is 0 Å². The molecule has 0 saturated heterocycles. The third kappa shape index (κ3) is 2.78. The van der Waals surface area contributed by atoms with Gasteiger partial charge in [0.25, 0.3) is 5.12 Å². The van der Waals surface area contributed by atoms with Crippen molar-refractivity contribution in [1.82, 2.24) is 10.2 Å². The second-order valence-electron chi connectivity index (χ2n) is 3.77. The summed E-state index contributed by atoms with van der Waals surface area (Å²) < 4.78 is 19.2. The fourth-order valence-electron chi connectivity index (χ4n) is 1.58. The molecular weight excluding hydrogens is 299 g/mol. The number of thioether (sulfide) groups is 1. The van der Waals surface area contributed by atoms with Gasteiger partial charge < -0.3 is 4.42 Å². The van der Waals surface area contributed by atoms with Crippen LogP contribution in [0.2, 0.25) is 0 Å². The van der Waals surface area contributed by atoms with Gasteiger partial charge in [0.15, 0.2) is 10.1 Å². The van der Waals surface area contributed by atoms with Crippen molar-refractivity contribution < 1.29 is 13.6 Å². The Hall–Kier alpha value is -1.99. The number of benzene rings is 1. The lowest BCUT2D eigenvalue weighted by Crippen LogP contribution is -1.89. The zero-order chi connectivity index (χ0) is 13.9. The van der Waals surface area contributed by atoms with E-state index in [0.717, 1.165) is 11.8 Å². The smallest absolute Gasteiger partial charge is 0.261 e. The van der Waals surface area contributed by atoms with Gasteiger partial charge in [0.05, 0.1) is 0 Å². The molecule has 0 aliphatic rings. The van der Waals surface area contributed by atoms with Gasteiger partial charge in [0.1, 0.15) is 17.1 Å². The maximum absolute atomic E-state index is 13.1. The quantitative estimate of drug-likeness (QED) is 0.688. The molecule has 0 amide bonds. The molecule has 0 spiro atoms. The van der Waals surface area contributed by atoms with Crippen LogP contribution in [0.15, 0.2) is 50.7 Å². The minimum atomic E-state index is -0.352. The standard InChI is InChI=1S/C13H7FN2O2S2/c14-9-3-1-2-8(6-9)10-4-5-11(18-10)12(17)20-13-16-15-7-19-13/h1-7H. The molecule has 2 heterocycles. The van der Waals surface area contributed by atoms with Gasteiger partial charge in [-0.25, -0.2) is 4.39 Å². The van der Waals surface area contributed by atoms with E-state index in [2.05, 4.69) is 10.2 Å². The van der Waals surface area contributed by atoms with Crippen molar-refractivity contribution in [2.24, 2.45) is 0 Å². The van der Waals surface area contributed by atoms with Crippen LogP contribution in [0, 0.1) is 5.82 Å². The summed E-state index contributed by atoms with van der Waals surface area (Å²) in [7, 11) is 0. The zero-order valence-electron chi connectivity index (χ0n) is 9.95. The van der Waals surface area contributed by atoms with Gasteiger partial charge in [-0.2, -0.15) is 0 Å². The number of rotatable bonds is 3. The molecule has 0 bridgehead atoms. The predicted molar refractivity (Wildman–Crippen MR) is 74.2 cm³/mol. The van der Waals surface area contributed by atoms with E-state index in [4.69, 9.17) is 4.42 Å². The highest BCUT2D eigenvalue weighted by atomic mass is 32.2. The molecule has 1 aromatic carbocycles. The largest absolute Gasteiger partial charge is 0.452 e. The van der Waals surface area contributed by atoms with Crippen molar-refractivity contribution in [2.75, 3.05) is 0 Å². The van der Waals surface area contributed by atoms with Crippen LogP contribution in [0.1, 0.15) is 10.6 Å². The average Bonchev–Trinajstić information content (AvgIpc) is 3.09. The highest BCUT2D eigenvalue weighted by molar-refractivity contribution is 8.15. The number of furan rings is 1. The van der Waals surface area contributed by atoms with E-state index in [9.17, 15) is 9.18 Å². The average molecular weight is 306 g/mol.